The molecule has 0 aliphatic carbocycles. The molecule has 0 atom stereocenters. The molecular weight excluding hydrogens is 212 g/mol. The standard InChI is InChI=1S/C15H14O2/c16-14-6-4-11(5-7-14)10-13-3-1-2-12-8-9-17-15(12)13/h1-7,16H,8-10H2. The van der Waals surface area contributed by atoms with E-state index in [2.05, 4.69) is 18.2 Å². The van der Waals surface area contributed by atoms with Crippen molar-refractivity contribution >= 4 is 0 Å². The molecule has 1 heterocycles. The lowest BCUT2D eigenvalue weighted by molar-refractivity contribution is 0.354. The molecule has 0 unspecified atom stereocenters. The van der Waals surface area contributed by atoms with E-state index in [1.165, 1.54) is 16.7 Å². The summed E-state index contributed by atoms with van der Waals surface area (Å²) in [7, 11) is 0. The van der Waals surface area contributed by atoms with Gasteiger partial charge in [-0.15, -0.1) is 0 Å². The summed E-state index contributed by atoms with van der Waals surface area (Å²) in [5.74, 6) is 1.36. The lowest BCUT2D eigenvalue weighted by Gasteiger charge is -2.08. The number of benzene rings is 2. The second-order valence-electron chi connectivity index (χ2n) is 4.35. The highest BCUT2D eigenvalue weighted by Gasteiger charge is 2.15. The SMILES string of the molecule is Oc1ccc(Cc2cccc3c2OCC3)cc1. The molecule has 2 aromatic carbocycles. The Morgan fingerprint density at radius 1 is 1.06 bits per heavy atom. The third kappa shape index (κ3) is 1.98. The third-order valence-corrected chi connectivity index (χ3v) is 3.13. The largest absolute Gasteiger partial charge is 0.508 e. The predicted octanol–water partition coefficient (Wildman–Crippen LogP) is 2.92. The monoisotopic (exact) mass is 226 g/mol. The van der Waals surface area contributed by atoms with Gasteiger partial charge in [-0.2, -0.15) is 0 Å². The maximum absolute atomic E-state index is 9.25. The van der Waals surface area contributed by atoms with Gasteiger partial charge in [-0.3, -0.25) is 0 Å². The minimum atomic E-state index is 0.309. The number of phenols is 1. The summed E-state index contributed by atoms with van der Waals surface area (Å²) in [4.78, 5) is 0. The van der Waals surface area contributed by atoms with Crippen molar-refractivity contribution < 1.29 is 9.84 Å². The zero-order chi connectivity index (χ0) is 11.7. The lowest BCUT2D eigenvalue weighted by Crippen LogP contribution is -1.93. The first kappa shape index (κ1) is 10.2. The molecule has 0 aromatic heterocycles. The van der Waals surface area contributed by atoms with Crippen LogP contribution in [0.5, 0.6) is 11.5 Å². The van der Waals surface area contributed by atoms with Crippen molar-refractivity contribution in [2.45, 2.75) is 12.8 Å². The van der Waals surface area contributed by atoms with Gasteiger partial charge in [-0.1, -0.05) is 30.3 Å². The maximum Gasteiger partial charge on any atom is 0.126 e. The molecule has 1 aliphatic heterocycles. The Bertz CT molecular complexity index is 529. The Hall–Kier alpha value is -1.96. The van der Waals surface area contributed by atoms with Crippen molar-refractivity contribution in [1.82, 2.24) is 0 Å². The van der Waals surface area contributed by atoms with Crippen LogP contribution in [0, 0.1) is 0 Å². The Balaban J connectivity index is 1.91. The summed E-state index contributed by atoms with van der Waals surface area (Å²) in [6, 6.07) is 13.7. The number of rotatable bonds is 2. The highest BCUT2D eigenvalue weighted by molar-refractivity contribution is 5.46. The number of phenolic OH excluding ortho intramolecular Hbond substituents is 1. The summed E-state index contributed by atoms with van der Waals surface area (Å²) in [6.45, 7) is 0.794. The van der Waals surface area contributed by atoms with E-state index < -0.39 is 0 Å². The Morgan fingerprint density at radius 2 is 1.88 bits per heavy atom. The second kappa shape index (κ2) is 4.13. The Morgan fingerprint density at radius 3 is 2.71 bits per heavy atom. The quantitative estimate of drug-likeness (QED) is 0.853. The van der Waals surface area contributed by atoms with Gasteiger partial charge >= 0.3 is 0 Å². The van der Waals surface area contributed by atoms with Crippen molar-refractivity contribution in [2.75, 3.05) is 6.61 Å². The van der Waals surface area contributed by atoms with Gasteiger partial charge in [0.15, 0.2) is 0 Å². The fourth-order valence-electron chi connectivity index (χ4n) is 2.26. The number of para-hydroxylation sites is 1. The molecule has 3 rings (SSSR count). The molecule has 0 fully saturated rings. The van der Waals surface area contributed by atoms with Crippen LogP contribution in [0.2, 0.25) is 0 Å². The van der Waals surface area contributed by atoms with Gasteiger partial charge in [0.25, 0.3) is 0 Å². The van der Waals surface area contributed by atoms with Crippen LogP contribution in [0.25, 0.3) is 0 Å². The van der Waals surface area contributed by atoms with Gasteiger partial charge < -0.3 is 9.84 Å². The zero-order valence-electron chi connectivity index (χ0n) is 9.52. The van der Waals surface area contributed by atoms with Crippen molar-refractivity contribution in [3.8, 4) is 11.5 Å². The number of hydrogen-bond donors (Lipinski definition) is 1. The summed E-state index contributed by atoms with van der Waals surface area (Å²) in [5, 5.41) is 9.25. The van der Waals surface area contributed by atoms with E-state index in [0.717, 1.165) is 25.2 Å². The average molecular weight is 226 g/mol. The van der Waals surface area contributed by atoms with Gasteiger partial charge in [-0.05, 0) is 28.8 Å². The normalized spacial score (nSPS) is 13.2. The predicted molar refractivity (Wildman–Crippen MR) is 66.6 cm³/mol. The molecule has 17 heavy (non-hydrogen) atoms. The molecule has 86 valence electrons. The van der Waals surface area contributed by atoms with Crippen LogP contribution in [0.1, 0.15) is 16.7 Å². The molecular formula is C15H14O2. The zero-order valence-corrected chi connectivity index (χ0v) is 9.52. The van der Waals surface area contributed by atoms with Crippen LogP contribution in [0.3, 0.4) is 0 Å². The van der Waals surface area contributed by atoms with Gasteiger partial charge in [0.05, 0.1) is 6.61 Å². The first-order valence-corrected chi connectivity index (χ1v) is 5.84. The molecule has 2 heteroatoms. The molecule has 0 radical (unpaired) electrons. The fourth-order valence-corrected chi connectivity index (χ4v) is 2.26. The van der Waals surface area contributed by atoms with Crippen LogP contribution in [-0.4, -0.2) is 11.7 Å². The molecule has 0 saturated heterocycles. The molecule has 2 aromatic rings. The molecule has 1 N–H and O–H groups in total. The van der Waals surface area contributed by atoms with Crippen molar-refractivity contribution in [3.05, 3.63) is 59.2 Å². The Labute approximate surface area is 100 Å². The summed E-state index contributed by atoms with van der Waals surface area (Å²) >= 11 is 0. The lowest BCUT2D eigenvalue weighted by atomic mass is 10.0. The van der Waals surface area contributed by atoms with Gasteiger partial charge in [0.1, 0.15) is 11.5 Å². The summed E-state index contributed by atoms with van der Waals surface area (Å²) < 4.78 is 5.68. The van der Waals surface area contributed by atoms with Crippen LogP contribution in [0.4, 0.5) is 0 Å². The summed E-state index contributed by atoms with van der Waals surface area (Å²) in [6.07, 6.45) is 1.86. The minimum Gasteiger partial charge on any atom is -0.508 e. The minimum absolute atomic E-state index is 0.309. The number of hydrogen-bond acceptors (Lipinski definition) is 2. The average Bonchev–Trinajstić information content (AvgIpc) is 2.81. The number of ether oxygens (including phenoxy) is 1. The van der Waals surface area contributed by atoms with E-state index in [4.69, 9.17) is 4.74 Å². The topological polar surface area (TPSA) is 29.5 Å². The van der Waals surface area contributed by atoms with E-state index in [-0.39, 0.29) is 0 Å². The van der Waals surface area contributed by atoms with Gasteiger partial charge in [0.2, 0.25) is 0 Å². The Kier molecular flexibility index (Phi) is 2.48. The second-order valence-corrected chi connectivity index (χ2v) is 4.35. The van der Waals surface area contributed by atoms with Crippen LogP contribution >= 0.6 is 0 Å². The maximum atomic E-state index is 9.25. The first-order valence-electron chi connectivity index (χ1n) is 5.84. The molecule has 1 aliphatic rings. The van der Waals surface area contributed by atoms with Crippen LogP contribution in [0.15, 0.2) is 42.5 Å². The molecule has 0 bridgehead atoms. The molecule has 2 nitrogen and oxygen atoms in total. The number of aromatic hydroxyl groups is 1. The van der Waals surface area contributed by atoms with Gasteiger partial charge in [-0.25, -0.2) is 0 Å². The summed E-state index contributed by atoms with van der Waals surface area (Å²) in [5.41, 5.74) is 3.72. The van der Waals surface area contributed by atoms with Crippen molar-refractivity contribution in [2.24, 2.45) is 0 Å². The van der Waals surface area contributed by atoms with Crippen molar-refractivity contribution in [3.63, 3.8) is 0 Å². The van der Waals surface area contributed by atoms with E-state index in [1.54, 1.807) is 12.1 Å². The fraction of sp³-hybridized carbons (Fsp3) is 0.200. The molecule has 0 saturated carbocycles. The third-order valence-electron chi connectivity index (χ3n) is 3.13. The van der Waals surface area contributed by atoms with E-state index in [0.29, 0.717) is 5.75 Å². The van der Waals surface area contributed by atoms with Crippen LogP contribution in [-0.2, 0) is 12.8 Å². The highest BCUT2D eigenvalue weighted by Crippen LogP contribution is 2.31. The number of fused-ring (bicyclic) bond motifs is 1. The first-order chi connectivity index (χ1) is 8.33. The molecule has 0 spiro atoms. The van der Waals surface area contributed by atoms with E-state index in [9.17, 15) is 5.11 Å². The highest BCUT2D eigenvalue weighted by atomic mass is 16.5. The van der Waals surface area contributed by atoms with E-state index in [1.807, 2.05) is 12.1 Å². The van der Waals surface area contributed by atoms with Gasteiger partial charge in [0, 0.05) is 12.8 Å². The van der Waals surface area contributed by atoms with Crippen LogP contribution < -0.4 is 4.74 Å². The van der Waals surface area contributed by atoms with Crippen molar-refractivity contribution in [1.29, 1.82) is 0 Å². The smallest absolute Gasteiger partial charge is 0.126 e. The van der Waals surface area contributed by atoms with E-state index >= 15 is 0 Å². The molecule has 0 amide bonds.